The quantitative estimate of drug-likeness (QED) is 0.632. The summed E-state index contributed by atoms with van der Waals surface area (Å²) in [5.41, 5.74) is 2.57. The fourth-order valence-corrected chi connectivity index (χ4v) is 2.11. The van der Waals surface area contributed by atoms with Crippen molar-refractivity contribution in [1.29, 1.82) is 0 Å². The Morgan fingerprint density at radius 1 is 1.37 bits per heavy atom. The van der Waals surface area contributed by atoms with E-state index in [1.54, 1.807) is 6.07 Å². The maximum atomic E-state index is 5.96. The average molecular weight is 265 g/mol. The van der Waals surface area contributed by atoms with E-state index in [2.05, 4.69) is 41.2 Å². The zero-order valence-corrected chi connectivity index (χ0v) is 11.9. The first-order valence-electron chi connectivity index (χ1n) is 6.79. The molecule has 0 aliphatic carbocycles. The normalized spacial score (nSPS) is 17.7. The van der Waals surface area contributed by atoms with Gasteiger partial charge in [-0.05, 0) is 19.9 Å². The lowest BCUT2D eigenvalue weighted by Crippen LogP contribution is -2.35. The molecule has 19 heavy (non-hydrogen) atoms. The maximum Gasteiger partial charge on any atom is 0.219 e. The Kier molecular flexibility index (Phi) is 4.55. The molecule has 3 N–H and O–H groups in total. The summed E-state index contributed by atoms with van der Waals surface area (Å²) in [6.07, 6.45) is 2.29. The molecule has 1 saturated heterocycles. The van der Waals surface area contributed by atoms with Crippen LogP contribution in [0.1, 0.15) is 38.4 Å². The largest absolute Gasteiger partial charge is 0.474 e. The van der Waals surface area contributed by atoms with E-state index in [-0.39, 0.29) is 12.0 Å². The lowest BCUT2D eigenvalue weighted by molar-refractivity contribution is 0.109. The number of nitrogen functional groups attached to an aromatic ring is 1. The van der Waals surface area contributed by atoms with Crippen LogP contribution in [-0.4, -0.2) is 41.1 Å². The number of ether oxygens (including phenoxy) is 1. The minimum absolute atomic E-state index is 0.233. The van der Waals surface area contributed by atoms with Gasteiger partial charge >= 0.3 is 0 Å². The van der Waals surface area contributed by atoms with Crippen molar-refractivity contribution in [3.63, 3.8) is 0 Å². The lowest BCUT2D eigenvalue weighted by atomic mass is 10.1. The van der Waals surface area contributed by atoms with Crippen molar-refractivity contribution in [2.24, 2.45) is 5.84 Å². The topological polar surface area (TPSA) is 76.3 Å². The number of hydrogen-bond donors (Lipinski definition) is 2. The van der Waals surface area contributed by atoms with Crippen LogP contribution in [0.2, 0.25) is 0 Å². The van der Waals surface area contributed by atoms with Gasteiger partial charge in [-0.15, -0.1) is 0 Å². The number of likely N-dealkylation sites (tertiary alicyclic amines) is 1. The van der Waals surface area contributed by atoms with Gasteiger partial charge in [0, 0.05) is 25.1 Å². The summed E-state index contributed by atoms with van der Waals surface area (Å²) in [4.78, 5) is 11.1. The van der Waals surface area contributed by atoms with Crippen molar-refractivity contribution in [3.05, 3.63) is 11.9 Å². The standard InChI is InChI=1S/C13H23N5O/c1-9(2)13-15-11(17-14)8-12(16-13)19-10-4-6-18(3)7-5-10/h8-10H,4-7,14H2,1-3H3,(H,15,16,17). The van der Waals surface area contributed by atoms with Gasteiger partial charge in [0.2, 0.25) is 5.88 Å². The van der Waals surface area contributed by atoms with Gasteiger partial charge in [-0.1, -0.05) is 13.8 Å². The molecule has 1 aliphatic heterocycles. The van der Waals surface area contributed by atoms with Gasteiger partial charge < -0.3 is 15.1 Å². The summed E-state index contributed by atoms with van der Waals surface area (Å²) in [5.74, 6) is 7.64. The summed E-state index contributed by atoms with van der Waals surface area (Å²) < 4.78 is 5.96. The highest BCUT2D eigenvalue weighted by molar-refractivity contribution is 5.37. The Bertz CT molecular complexity index is 415. The summed E-state index contributed by atoms with van der Waals surface area (Å²) in [5, 5.41) is 0. The Balaban J connectivity index is 2.08. The number of rotatable bonds is 4. The fourth-order valence-electron chi connectivity index (χ4n) is 2.11. The van der Waals surface area contributed by atoms with E-state index < -0.39 is 0 Å². The first-order chi connectivity index (χ1) is 9.08. The van der Waals surface area contributed by atoms with Crippen LogP contribution in [0.3, 0.4) is 0 Å². The molecule has 0 aromatic carbocycles. The average Bonchev–Trinajstić information content (AvgIpc) is 2.41. The van der Waals surface area contributed by atoms with Crippen LogP contribution >= 0.6 is 0 Å². The number of hydrazine groups is 1. The van der Waals surface area contributed by atoms with E-state index in [0.717, 1.165) is 31.8 Å². The van der Waals surface area contributed by atoms with Crippen molar-refractivity contribution in [1.82, 2.24) is 14.9 Å². The monoisotopic (exact) mass is 265 g/mol. The molecular formula is C13H23N5O. The van der Waals surface area contributed by atoms with Crippen LogP contribution in [-0.2, 0) is 0 Å². The molecule has 0 spiro atoms. The number of anilines is 1. The van der Waals surface area contributed by atoms with Crippen molar-refractivity contribution in [3.8, 4) is 5.88 Å². The van der Waals surface area contributed by atoms with Crippen LogP contribution in [0.5, 0.6) is 5.88 Å². The second kappa shape index (κ2) is 6.16. The van der Waals surface area contributed by atoms with E-state index in [0.29, 0.717) is 11.7 Å². The molecule has 1 aromatic rings. The number of hydrogen-bond acceptors (Lipinski definition) is 6. The van der Waals surface area contributed by atoms with Crippen molar-refractivity contribution in [2.75, 3.05) is 25.6 Å². The summed E-state index contributed by atoms with van der Waals surface area (Å²) in [6.45, 7) is 6.23. The minimum atomic E-state index is 0.233. The van der Waals surface area contributed by atoms with Crippen LogP contribution in [0, 0.1) is 0 Å². The maximum absolute atomic E-state index is 5.96. The SMILES string of the molecule is CC(C)c1nc(NN)cc(OC2CCN(C)CC2)n1. The van der Waals surface area contributed by atoms with Crippen molar-refractivity contribution in [2.45, 2.75) is 38.7 Å². The molecule has 6 heteroatoms. The van der Waals surface area contributed by atoms with Crippen LogP contribution in [0.15, 0.2) is 6.07 Å². The molecule has 2 rings (SSSR count). The second-order valence-electron chi connectivity index (χ2n) is 5.37. The predicted molar refractivity (Wildman–Crippen MR) is 75.1 cm³/mol. The summed E-state index contributed by atoms with van der Waals surface area (Å²) in [6, 6.07) is 1.75. The molecule has 2 heterocycles. The third-order valence-electron chi connectivity index (χ3n) is 3.34. The lowest BCUT2D eigenvalue weighted by Gasteiger charge is -2.29. The summed E-state index contributed by atoms with van der Waals surface area (Å²) >= 11 is 0. The van der Waals surface area contributed by atoms with Gasteiger partial charge in [0.25, 0.3) is 0 Å². The Morgan fingerprint density at radius 2 is 2.05 bits per heavy atom. The predicted octanol–water partition coefficient (Wildman–Crippen LogP) is 1.36. The number of piperidine rings is 1. The minimum Gasteiger partial charge on any atom is -0.474 e. The van der Waals surface area contributed by atoms with E-state index in [1.165, 1.54) is 0 Å². The third-order valence-corrected chi connectivity index (χ3v) is 3.34. The number of nitrogens with two attached hydrogens (primary N) is 1. The molecule has 0 radical (unpaired) electrons. The van der Waals surface area contributed by atoms with Crippen molar-refractivity contribution < 1.29 is 4.74 Å². The third kappa shape index (κ3) is 3.78. The van der Waals surface area contributed by atoms with Gasteiger partial charge in [-0.25, -0.2) is 10.8 Å². The molecule has 0 amide bonds. The first-order valence-corrected chi connectivity index (χ1v) is 6.79. The molecular weight excluding hydrogens is 242 g/mol. The highest BCUT2D eigenvalue weighted by atomic mass is 16.5. The molecule has 6 nitrogen and oxygen atoms in total. The number of nitrogens with zero attached hydrogens (tertiary/aromatic N) is 3. The van der Waals surface area contributed by atoms with Gasteiger partial charge in [0.15, 0.2) is 0 Å². The molecule has 0 unspecified atom stereocenters. The smallest absolute Gasteiger partial charge is 0.219 e. The molecule has 1 fully saturated rings. The molecule has 0 atom stereocenters. The number of aromatic nitrogens is 2. The molecule has 1 aromatic heterocycles. The Morgan fingerprint density at radius 3 is 2.63 bits per heavy atom. The van der Waals surface area contributed by atoms with Crippen molar-refractivity contribution >= 4 is 5.82 Å². The van der Waals surface area contributed by atoms with E-state index in [1.807, 2.05) is 0 Å². The van der Waals surface area contributed by atoms with E-state index in [9.17, 15) is 0 Å². The Labute approximate surface area is 114 Å². The van der Waals surface area contributed by atoms with Gasteiger partial charge in [0.1, 0.15) is 17.7 Å². The molecule has 0 bridgehead atoms. The zero-order chi connectivity index (χ0) is 13.8. The van der Waals surface area contributed by atoms with Gasteiger partial charge in [0.05, 0.1) is 0 Å². The van der Waals surface area contributed by atoms with E-state index >= 15 is 0 Å². The number of nitrogens with one attached hydrogen (secondary N) is 1. The highest BCUT2D eigenvalue weighted by Gasteiger charge is 2.19. The van der Waals surface area contributed by atoms with Crippen LogP contribution < -0.4 is 16.0 Å². The molecule has 0 saturated carbocycles. The van der Waals surface area contributed by atoms with Crippen LogP contribution in [0.25, 0.3) is 0 Å². The van der Waals surface area contributed by atoms with E-state index in [4.69, 9.17) is 10.6 Å². The first kappa shape index (κ1) is 14.0. The highest BCUT2D eigenvalue weighted by Crippen LogP contribution is 2.21. The molecule has 106 valence electrons. The fraction of sp³-hybridized carbons (Fsp3) is 0.692. The van der Waals surface area contributed by atoms with Crippen LogP contribution in [0.4, 0.5) is 5.82 Å². The Hall–Kier alpha value is -1.40. The second-order valence-corrected chi connectivity index (χ2v) is 5.37. The summed E-state index contributed by atoms with van der Waals surface area (Å²) in [7, 11) is 2.13. The van der Waals surface area contributed by atoms with Gasteiger partial charge in [-0.3, -0.25) is 0 Å². The van der Waals surface area contributed by atoms with Gasteiger partial charge in [-0.2, -0.15) is 4.98 Å². The zero-order valence-electron chi connectivity index (χ0n) is 11.9. The molecule has 1 aliphatic rings.